The van der Waals surface area contributed by atoms with E-state index in [-0.39, 0.29) is 11.7 Å². The molecule has 0 atom stereocenters. The van der Waals surface area contributed by atoms with Gasteiger partial charge in [0, 0.05) is 46.3 Å². The van der Waals surface area contributed by atoms with Crippen molar-refractivity contribution in [1.82, 2.24) is 14.5 Å². The average molecular weight is 549 g/mol. The molecule has 9 nitrogen and oxygen atoms in total. The van der Waals surface area contributed by atoms with Crippen molar-refractivity contribution in [3.05, 3.63) is 117 Å². The van der Waals surface area contributed by atoms with Gasteiger partial charge in [0.25, 0.3) is 5.69 Å². The number of non-ortho nitro benzene ring substituents is 1. The van der Waals surface area contributed by atoms with Crippen molar-refractivity contribution in [2.75, 3.05) is 0 Å². The van der Waals surface area contributed by atoms with Crippen LogP contribution in [0.4, 0.5) is 5.69 Å². The molecule has 0 saturated carbocycles. The maximum Gasteiger partial charge on any atom is 0.269 e. The van der Waals surface area contributed by atoms with Crippen LogP contribution < -0.4 is 4.80 Å². The van der Waals surface area contributed by atoms with Gasteiger partial charge in [0.15, 0.2) is 5.76 Å². The van der Waals surface area contributed by atoms with Gasteiger partial charge >= 0.3 is 0 Å². The first-order chi connectivity index (χ1) is 19.5. The van der Waals surface area contributed by atoms with Gasteiger partial charge in [0.05, 0.1) is 22.5 Å². The molecule has 0 aliphatic rings. The van der Waals surface area contributed by atoms with E-state index < -0.39 is 4.92 Å². The first kappa shape index (κ1) is 25.2. The van der Waals surface area contributed by atoms with Gasteiger partial charge in [-0.15, -0.1) is 11.3 Å². The predicted molar refractivity (Wildman–Crippen MR) is 157 cm³/mol. The second-order valence-electron chi connectivity index (χ2n) is 9.35. The first-order valence-corrected chi connectivity index (χ1v) is 13.5. The van der Waals surface area contributed by atoms with Crippen LogP contribution in [0.15, 0.2) is 111 Å². The van der Waals surface area contributed by atoms with Crippen molar-refractivity contribution in [2.24, 2.45) is 10.1 Å². The van der Waals surface area contributed by atoms with Crippen molar-refractivity contribution in [3.8, 4) is 28.4 Å². The third kappa shape index (κ3) is 4.99. The molecule has 0 amide bonds. The van der Waals surface area contributed by atoms with E-state index in [0.717, 1.165) is 33.5 Å². The maximum atomic E-state index is 11.2. The molecule has 0 radical (unpaired) electrons. The normalized spacial score (nSPS) is 12.2. The molecule has 0 aliphatic heterocycles. The van der Waals surface area contributed by atoms with Crippen molar-refractivity contribution in [1.29, 1.82) is 0 Å². The lowest BCUT2D eigenvalue weighted by Crippen LogP contribution is -2.14. The molecule has 3 aromatic carbocycles. The summed E-state index contributed by atoms with van der Waals surface area (Å²) in [4.78, 5) is 16.2. The number of rotatable bonds is 7. The molecule has 6 aromatic rings. The van der Waals surface area contributed by atoms with Crippen molar-refractivity contribution >= 4 is 34.2 Å². The monoisotopic (exact) mass is 548 g/mol. The number of thiazole rings is 1. The zero-order valence-electron chi connectivity index (χ0n) is 21.7. The van der Waals surface area contributed by atoms with E-state index in [1.807, 2.05) is 86.1 Å². The number of furan rings is 1. The molecule has 0 fully saturated rings. The predicted octanol–water partition coefficient (Wildman–Crippen LogP) is 6.92. The van der Waals surface area contributed by atoms with Gasteiger partial charge in [-0.2, -0.15) is 10.2 Å². The van der Waals surface area contributed by atoms with E-state index in [0.29, 0.717) is 16.3 Å². The molecule has 3 aromatic heterocycles. The number of nitro benzene ring substituents is 1. The first-order valence-electron chi connectivity index (χ1n) is 12.6. The quantitative estimate of drug-likeness (QED) is 0.123. The van der Waals surface area contributed by atoms with E-state index >= 15 is 0 Å². The van der Waals surface area contributed by atoms with E-state index in [2.05, 4.69) is 0 Å². The summed E-state index contributed by atoms with van der Waals surface area (Å²) < 4.78 is 9.73. The van der Waals surface area contributed by atoms with Crippen molar-refractivity contribution < 1.29 is 9.34 Å². The van der Waals surface area contributed by atoms with Gasteiger partial charge in [-0.1, -0.05) is 36.4 Å². The smallest absolute Gasteiger partial charge is 0.269 e. The molecule has 0 N–H and O–H groups in total. The van der Waals surface area contributed by atoms with Gasteiger partial charge < -0.3 is 4.42 Å². The summed E-state index contributed by atoms with van der Waals surface area (Å²) in [7, 11) is 0. The number of nitrogens with zero attached hydrogens (tertiary/aromatic N) is 6. The number of nitro groups is 1. The van der Waals surface area contributed by atoms with Crippen LogP contribution in [0.1, 0.15) is 19.4 Å². The van der Waals surface area contributed by atoms with Crippen LogP contribution in [-0.4, -0.2) is 31.6 Å². The zero-order valence-corrected chi connectivity index (χ0v) is 22.5. The topological polar surface area (TPSA) is 104 Å². The fraction of sp³-hybridized carbons (Fsp3) is 0.100. The third-order valence-corrected chi connectivity index (χ3v) is 6.99. The highest BCUT2D eigenvalue weighted by Crippen LogP contribution is 2.30. The summed E-state index contributed by atoms with van der Waals surface area (Å²) >= 11 is 1.46. The summed E-state index contributed by atoms with van der Waals surface area (Å²) in [5.41, 5.74) is 4.69. The lowest BCUT2D eigenvalue weighted by Gasteiger charge is -2.04. The Morgan fingerprint density at radius 1 is 1.02 bits per heavy atom. The average Bonchev–Trinajstić information content (AvgIpc) is 3.68. The van der Waals surface area contributed by atoms with Gasteiger partial charge in [-0.3, -0.25) is 15.1 Å². The molecular weight excluding hydrogens is 524 g/mol. The lowest BCUT2D eigenvalue weighted by atomic mass is 10.1. The molecule has 0 saturated heterocycles. The minimum Gasteiger partial charge on any atom is -0.454 e. The van der Waals surface area contributed by atoms with Crippen LogP contribution in [-0.2, 0) is 0 Å². The molecule has 0 aliphatic carbocycles. The minimum absolute atomic E-state index is 0.0323. The van der Waals surface area contributed by atoms with Crippen LogP contribution in [0.25, 0.3) is 39.4 Å². The molecule has 0 bridgehead atoms. The standard InChI is InChI=1S/C30H24N6O3S/c1-20(2)32-30-35(26(19-40-30)21-12-14-25(15-13-21)36(37)38)31-17-23-18-34(24-9-4-3-5-10-24)33-29(23)28-16-22-8-6-7-11-27(22)39-28/h3-20H,1-2H3. The van der Waals surface area contributed by atoms with Gasteiger partial charge in [0.2, 0.25) is 4.80 Å². The number of para-hydroxylation sites is 2. The third-order valence-electron chi connectivity index (χ3n) is 6.16. The SMILES string of the molecule is CC(C)N=c1scc(-c2ccc([N+](=O)[O-])cc2)n1N=Cc1cn(-c2ccccc2)nc1-c1cc2ccccc2o1. The fourth-order valence-corrected chi connectivity index (χ4v) is 5.25. The molecule has 6 rings (SSSR count). The largest absolute Gasteiger partial charge is 0.454 e. The zero-order chi connectivity index (χ0) is 27.6. The Bertz CT molecular complexity index is 1880. The molecule has 10 heteroatoms. The summed E-state index contributed by atoms with van der Waals surface area (Å²) in [6.07, 6.45) is 3.66. The summed E-state index contributed by atoms with van der Waals surface area (Å²) in [5, 5.41) is 23.8. The Balaban J connectivity index is 1.48. The van der Waals surface area contributed by atoms with Crippen molar-refractivity contribution in [2.45, 2.75) is 19.9 Å². The van der Waals surface area contributed by atoms with E-state index in [4.69, 9.17) is 19.6 Å². The highest BCUT2D eigenvalue weighted by Gasteiger charge is 2.17. The van der Waals surface area contributed by atoms with E-state index in [9.17, 15) is 10.1 Å². The second kappa shape index (κ2) is 10.6. The van der Waals surface area contributed by atoms with Crippen LogP contribution in [0.5, 0.6) is 0 Å². The molecule has 0 spiro atoms. The van der Waals surface area contributed by atoms with Crippen LogP contribution in [0.2, 0.25) is 0 Å². The van der Waals surface area contributed by atoms with E-state index in [1.54, 1.807) is 27.7 Å². The Kier molecular flexibility index (Phi) is 6.67. The maximum absolute atomic E-state index is 11.2. The Morgan fingerprint density at radius 2 is 1.77 bits per heavy atom. The molecular formula is C30H24N6O3S. The number of aromatic nitrogens is 3. The number of hydrogen-bond donors (Lipinski definition) is 0. The highest BCUT2D eigenvalue weighted by atomic mass is 32.1. The van der Waals surface area contributed by atoms with Crippen LogP contribution in [0, 0.1) is 10.1 Å². The molecule has 40 heavy (non-hydrogen) atoms. The van der Waals surface area contributed by atoms with Gasteiger partial charge in [-0.25, -0.2) is 9.36 Å². The second-order valence-corrected chi connectivity index (χ2v) is 10.2. The van der Waals surface area contributed by atoms with Crippen LogP contribution in [0.3, 0.4) is 0 Å². The van der Waals surface area contributed by atoms with E-state index in [1.165, 1.54) is 23.5 Å². The molecule has 3 heterocycles. The van der Waals surface area contributed by atoms with Crippen LogP contribution >= 0.6 is 11.3 Å². The number of fused-ring (bicyclic) bond motifs is 1. The lowest BCUT2D eigenvalue weighted by molar-refractivity contribution is -0.384. The number of hydrogen-bond acceptors (Lipinski definition) is 7. The van der Waals surface area contributed by atoms with Gasteiger partial charge in [0.1, 0.15) is 11.3 Å². The summed E-state index contributed by atoms with van der Waals surface area (Å²) in [6.45, 7) is 4.01. The summed E-state index contributed by atoms with van der Waals surface area (Å²) in [6, 6.07) is 26.1. The minimum atomic E-state index is -0.410. The molecule has 198 valence electrons. The summed E-state index contributed by atoms with van der Waals surface area (Å²) in [5.74, 6) is 0.635. The highest BCUT2D eigenvalue weighted by molar-refractivity contribution is 7.07. The molecule has 0 unspecified atom stereocenters. The van der Waals surface area contributed by atoms with Crippen molar-refractivity contribution in [3.63, 3.8) is 0 Å². The Morgan fingerprint density at radius 3 is 2.50 bits per heavy atom. The van der Waals surface area contributed by atoms with Gasteiger partial charge in [-0.05, 0) is 50.2 Å². The fourth-order valence-electron chi connectivity index (χ4n) is 4.28. The Labute approximate surface area is 233 Å². The Hall–Kier alpha value is -5.09. The number of benzene rings is 3.